The molecular weight excluding hydrogens is 248 g/mol. The van der Waals surface area contributed by atoms with E-state index in [4.69, 9.17) is 0 Å². The van der Waals surface area contributed by atoms with E-state index in [-0.39, 0.29) is 5.25 Å². The van der Waals surface area contributed by atoms with E-state index in [0.29, 0.717) is 12.0 Å². The van der Waals surface area contributed by atoms with Gasteiger partial charge >= 0.3 is 0 Å². The first-order chi connectivity index (χ1) is 8.62. The molecule has 2 heterocycles. The Morgan fingerprint density at radius 2 is 1.72 bits per heavy atom. The zero-order valence-corrected chi connectivity index (χ0v) is 11.8. The normalized spacial score (nSPS) is 33.2. The number of hydrogen-bond acceptors (Lipinski definition) is 3. The average molecular weight is 272 g/mol. The maximum absolute atomic E-state index is 12.5. The zero-order valence-electron chi connectivity index (χ0n) is 11.0. The molecule has 1 aliphatic carbocycles. The molecule has 3 fully saturated rings. The van der Waals surface area contributed by atoms with Crippen LogP contribution in [0.15, 0.2) is 0 Å². The Hall–Kier alpha value is -0.130. The van der Waals surface area contributed by atoms with Crippen molar-refractivity contribution < 1.29 is 8.42 Å². The molecule has 1 spiro atoms. The van der Waals surface area contributed by atoms with E-state index in [9.17, 15) is 8.42 Å². The minimum atomic E-state index is -3.04. The van der Waals surface area contributed by atoms with Gasteiger partial charge in [0.15, 0.2) is 0 Å². The van der Waals surface area contributed by atoms with Gasteiger partial charge in [-0.05, 0) is 44.1 Å². The van der Waals surface area contributed by atoms with Crippen LogP contribution >= 0.6 is 0 Å². The highest BCUT2D eigenvalue weighted by Crippen LogP contribution is 2.46. The van der Waals surface area contributed by atoms with E-state index in [2.05, 4.69) is 5.32 Å². The van der Waals surface area contributed by atoms with Gasteiger partial charge in [0.1, 0.15) is 0 Å². The molecule has 2 saturated heterocycles. The average Bonchev–Trinajstić information content (AvgIpc) is 3.01. The van der Waals surface area contributed by atoms with Gasteiger partial charge < -0.3 is 5.32 Å². The summed E-state index contributed by atoms with van der Waals surface area (Å²) in [5.74, 6) is 0. The third-order valence-electron chi connectivity index (χ3n) is 5.24. The Morgan fingerprint density at radius 3 is 2.28 bits per heavy atom. The highest BCUT2D eigenvalue weighted by atomic mass is 32.2. The number of rotatable bonds is 2. The smallest absolute Gasteiger partial charge is 0.218 e. The molecule has 1 atom stereocenters. The van der Waals surface area contributed by atoms with Crippen LogP contribution in [0.3, 0.4) is 0 Å². The van der Waals surface area contributed by atoms with Crippen LogP contribution in [-0.4, -0.2) is 44.2 Å². The topological polar surface area (TPSA) is 49.4 Å². The number of nitrogens with zero attached hydrogens (tertiary/aromatic N) is 1. The van der Waals surface area contributed by atoms with Crippen molar-refractivity contribution in [3.8, 4) is 0 Å². The van der Waals surface area contributed by atoms with Gasteiger partial charge in [-0.3, -0.25) is 0 Å². The van der Waals surface area contributed by atoms with Crippen LogP contribution < -0.4 is 5.32 Å². The number of nitrogens with one attached hydrogen (secondary N) is 1. The first-order valence-corrected chi connectivity index (χ1v) is 8.83. The van der Waals surface area contributed by atoms with Crippen LogP contribution in [0.25, 0.3) is 0 Å². The lowest BCUT2D eigenvalue weighted by Gasteiger charge is -2.39. The quantitative estimate of drug-likeness (QED) is 0.825. The summed E-state index contributed by atoms with van der Waals surface area (Å²) in [6, 6.07) is 0. The predicted molar refractivity (Wildman–Crippen MR) is 71.9 cm³/mol. The van der Waals surface area contributed by atoms with Gasteiger partial charge in [0.2, 0.25) is 10.0 Å². The molecule has 0 radical (unpaired) electrons. The third-order valence-corrected chi connectivity index (χ3v) is 7.57. The lowest BCUT2D eigenvalue weighted by molar-refractivity contribution is 0.159. The Balaban J connectivity index is 1.65. The molecule has 0 aromatic carbocycles. The molecular formula is C13H24N2O2S. The van der Waals surface area contributed by atoms with E-state index < -0.39 is 10.0 Å². The summed E-state index contributed by atoms with van der Waals surface area (Å²) < 4.78 is 26.7. The lowest BCUT2D eigenvalue weighted by atomic mass is 9.78. The van der Waals surface area contributed by atoms with Crippen molar-refractivity contribution in [3.63, 3.8) is 0 Å². The molecule has 2 aliphatic heterocycles. The summed E-state index contributed by atoms with van der Waals surface area (Å²) in [7, 11) is -3.04. The minimum Gasteiger partial charge on any atom is -0.315 e. The van der Waals surface area contributed by atoms with Crippen molar-refractivity contribution >= 4 is 10.0 Å². The van der Waals surface area contributed by atoms with Crippen molar-refractivity contribution in [2.45, 2.75) is 50.2 Å². The van der Waals surface area contributed by atoms with Gasteiger partial charge in [0.05, 0.1) is 5.25 Å². The van der Waals surface area contributed by atoms with Crippen LogP contribution in [0.4, 0.5) is 0 Å². The van der Waals surface area contributed by atoms with Crippen LogP contribution in [0.5, 0.6) is 0 Å². The highest BCUT2D eigenvalue weighted by Gasteiger charge is 2.42. The van der Waals surface area contributed by atoms with Crippen LogP contribution in [0.1, 0.15) is 44.9 Å². The summed E-state index contributed by atoms with van der Waals surface area (Å²) in [5.41, 5.74) is 0.500. The van der Waals surface area contributed by atoms with Crippen LogP contribution in [-0.2, 0) is 10.0 Å². The maximum atomic E-state index is 12.5. The van der Waals surface area contributed by atoms with Gasteiger partial charge in [-0.25, -0.2) is 12.7 Å². The van der Waals surface area contributed by atoms with Gasteiger partial charge in [-0.1, -0.05) is 12.8 Å². The first kappa shape index (κ1) is 12.9. The molecule has 0 aromatic heterocycles. The summed E-state index contributed by atoms with van der Waals surface area (Å²) in [5, 5.41) is 2.99. The fourth-order valence-electron chi connectivity index (χ4n) is 3.93. The Morgan fingerprint density at radius 1 is 1.06 bits per heavy atom. The molecule has 4 nitrogen and oxygen atoms in total. The summed E-state index contributed by atoms with van der Waals surface area (Å²) in [6.45, 7) is 3.02. The van der Waals surface area contributed by atoms with Gasteiger partial charge in [-0.2, -0.15) is 0 Å². The Labute approximate surface area is 110 Å². The van der Waals surface area contributed by atoms with Crippen molar-refractivity contribution in [2.75, 3.05) is 26.2 Å². The third kappa shape index (κ3) is 2.21. The molecule has 3 rings (SSSR count). The fourth-order valence-corrected chi connectivity index (χ4v) is 5.79. The predicted octanol–water partition coefficient (Wildman–Crippen LogP) is 1.33. The molecule has 0 aromatic rings. The number of sulfonamides is 1. The Bertz CT molecular complexity index is 385. The first-order valence-electron chi connectivity index (χ1n) is 7.32. The van der Waals surface area contributed by atoms with E-state index in [1.807, 2.05) is 0 Å². The summed E-state index contributed by atoms with van der Waals surface area (Å²) >= 11 is 0. The SMILES string of the molecule is O=S(=O)(C1CCNC1)N1CCC2(CCCC2)CC1. The molecule has 5 heteroatoms. The van der Waals surface area contributed by atoms with Gasteiger partial charge in [-0.15, -0.1) is 0 Å². The second-order valence-corrected chi connectivity index (χ2v) is 8.48. The van der Waals surface area contributed by atoms with Gasteiger partial charge in [0, 0.05) is 19.6 Å². The van der Waals surface area contributed by atoms with E-state index in [1.165, 1.54) is 25.7 Å². The summed E-state index contributed by atoms with van der Waals surface area (Å²) in [4.78, 5) is 0. The monoisotopic (exact) mass is 272 g/mol. The zero-order chi connectivity index (χ0) is 12.6. The van der Waals surface area contributed by atoms with Crippen molar-refractivity contribution in [3.05, 3.63) is 0 Å². The lowest BCUT2D eigenvalue weighted by Crippen LogP contribution is -2.46. The molecule has 104 valence electrons. The second kappa shape index (κ2) is 4.76. The maximum Gasteiger partial charge on any atom is 0.218 e. The van der Waals surface area contributed by atoms with E-state index in [0.717, 1.165) is 38.9 Å². The molecule has 18 heavy (non-hydrogen) atoms. The standard InChI is InChI=1S/C13H24N2O2S/c16-18(17,12-3-8-14-11-12)15-9-6-13(7-10-15)4-1-2-5-13/h12,14H,1-11H2. The van der Waals surface area contributed by atoms with Gasteiger partial charge in [0.25, 0.3) is 0 Å². The van der Waals surface area contributed by atoms with Crippen molar-refractivity contribution in [1.82, 2.24) is 9.62 Å². The molecule has 0 amide bonds. The molecule has 1 N–H and O–H groups in total. The minimum absolute atomic E-state index is 0.171. The fraction of sp³-hybridized carbons (Fsp3) is 1.00. The number of hydrogen-bond donors (Lipinski definition) is 1. The van der Waals surface area contributed by atoms with Crippen LogP contribution in [0, 0.1) is 5.41 Å². The van der Waals surface area contributed by atoms with Crippen molar-refractivity contribution in [2.24, 2.45) is 5.41 Å². The van der Waals surface area contributed by atoms with Crippen LogP contribution in [0.2, 0.25) is 0 Å². The van der Waals surface area contributed by atoms with Crippen molar-refractivity contribution in [1.29, 1.82) is 0 Å². The largest absolute Gasteiger partial charge is 0.315 e. The molecule has 0 bridgehead atoms. The Kier molecular flexibility index (Phi) is 3.41. The number of piperidine rings is 1. The molecule has 1 unspecified atom stereocenters. The molecule has 3 aliphatic rings. The van der Waals surface area contributed by atoms with E-state index in [1.54, 1.807) is 4.31 Å². The second-order valence-electron chi connectivity index (χ2n) is 6.27. The van der Waals surface area contributed by atoms with E-state index >= 15 is 0 Å². The molecule has 1 saturated carbocycles. The summed E-state index contributed by atoms with van der Waals surface area (Å²) in [6.07, 6.45) is 8.30. The highest BCUT2D eigenvalue weighted by molar-refractivity contribution is 7.89.